The topological polar surface area (TPSA) is 87.0 Å². The van der Waals surface area contributed by atoms with Crippen molar-refractivity contribution in [3.8, 4) is 5.88 Å². The molecule has 0 saturated heterocycles. The summed E-state index contributed by atoms with van der Waals surface area (Å²) >= 11 is 1.33. The van der Waals surface area contributed by atoms with E-state index in [0.29, 0.717) is 10.5 Å². The molecule has 0 spiro atoms. The number of esters is 1. The van der Waals surface area contributed by atoms with Crippen LogP contribution in [0.4, 0.5) is 4.39 Å². The molecule has 7 nitrogen and oxygen atoms in total. The molecule has 0 bridgehead atoms. The second-order valence-electron chi connectivity index (χ2n) is 5.48. The Morgan fingerprint density at radius 1 is 1.35 bits per heavy atom. The number of carbonyl (C=O) groups excluding carboxylic acids is 1. The Labute approximate surface area is 149 Å². The van der Waals surface area contributed by atoms with E-state index in [2.05, 4.69) is 15.1 Å². The quantitative estimate of drug-likeness (QED) is 0.515. The maximum absolute atomic E-state index is 13.3. The minimum absolute atomic E-state index is 0.0418. The Kier molecular flexibility index (Phi) is 3.92. The summed E-state index contributed by atoms with van der Waals surface area (Å²) in [6.07, 6.45) is 1.49. The average Bonchev–Trinajstić information content (AvgIpc) is 3.00. The van der Waals surface area contributed by atoms with Crippen molar-refractivity contribution in [3.05, 3.63) is 57.7 Å². The molecule has 0 unspecified atom stereocenters. The van der Waals surface area contributed by atoms with Crippen molar-refractivity contribution >= 4 is 38.4 Å². The van der Waals surface area contributed by atoms with Gasteiger partial charge in [0.25, 0.3) is 11.4 Å². The van der Waals surface area contributed by atoms with Crippen LogP contribution in [-0.4, -0.2) is 25.7 Å². The third kappa shape index (κ3) is 2.93. The van der Waals surface area contributed by atoms with Crippen molar-refractivity contribution in [2.24, 2.45) is 0 Å². The summed E-state index contributed by atoms with van der Waals surface area (Å²) in [5.74, 6) is -0.983. The lowest BCUT2D eigenvalue weighted by Crippen LogP contribution is -2.25. The fraction of sp³-hybridized carbons (Fsp3) is 0.118. The standard InChI is InChI=1S/C17H11FN4O3S/c1-9(23)25-16-15-11(3-2-6-19-15)17(24)22(21-16)8-14-20-12-7-10(18)4-5-13(12)26-14/h2-7H,8H2,1H3. The van der Waals surface area contributed by atoms with E-state index in [1.807, 2.05) is 0 Å². The van der Waals surface area contributed by atoms with Crippen molar-refractivity contribution in [1.82, 2.24) is 19.7 Å². The van der Waals surface area contributed by atoms with E-state index in [-0.39, 0.29) is 34.7 Å². The number of halogens is 1. The molecule has 0 aliphatic rings. The number of fused-ring (bicyclic) bond motifs is 2. The number of pyridine rings is 1. The molecule has 1 aromatic carbocycles. The predicted molar refractivity (Wildman–Crippen MR) is 93.8 cm³/mol. The van der Waals surface area contributed by atoms with Crippen LogP contribution in [0.1, 0.15) is 11.9 Å². The molecule has 0 fully saturated rings. The van der Waals surface area contributed by atoms with Crippen LogP contribution >= 0.6 is 11.3 Å². The van der Waals surface area contributed by atoms with Crippen LogP contribution in [0, 0.1) is 5.82 Å². The highest BCUT2D eigenvalue weighted by Gasteiger charge is 2.15. The van der Waals surface area contributed by atoms with Crippen LogP contribution in [0.2, 0.25) is 0 Å². The van der Waals surface area contributed by atoms with Gasteiger partial charge in [0.05, 0.1) is 22.1 Å². The summed E-state index contributed by atoms with van der Waals surface area (Å²) in [5, 5.41) is 4.98. The molecule has 4 rings (SSSR count). The van der Waals surface area contributed by atoms with Crippen LogP contribution in [0.25, 0.3) is 21.1 Å². The van der Waals surface area contributed by atoms with E-state index in [4.69, 9.17) is 4.74 Å². The first-order chi connectivity index (χ1) is 12.5. The van der Waals surface area contributed by atoms with Gasteiger partial charge in [0, 0.05) is 19.2 Å². The van der Waals surface area contributed by atoms with E-state index < -0.39 is 5.97 Å². The van der Waals surface area contributed by atoms with E-state index in [1.54, 1.807) is 18.2 Å². The number of benzene rings is 1. The molecule has 3 heterocycles. The second kappa shape index (κ2) is 6.26. The zero-order valence-corrected chi connectivity index (χ0v) is 14.3. The van der Waals surface area contributed by atoms with Crippen LogP contribution < -0.4 is 10.3 Å². The lowest BCUT2D eigenvalue weighted by molar-refractivity contribution is -0.132. The van der Waals surface area contributed by atoms with Gasteiger partial charge in [0.1, 0.15) is 16.3 Å². The SMILES string of the molecule is CC(=O)Oc1nn(Cc2nc3cc(F)ccc3s2)c(=O)c2cccnc12. The van der Waals surface area contributed by atoms with Gasteiger partial charge in [-0.3, -0.25) is 14.6 Å². The van der Waals surface area contributed by atoms with Crippen molar-refractivity contribution in [1.29, 1.82) is 0 Å². The van der Waals surface area contributed by atoms with E-state index in [0.717, 1.165) is 9.38 Å². The number of thiazole rings is 1. The van der Waals surface area contributed by atoms with E-state index in [9.17, 15) is 14.0 Å². The molecule has 3 aromatic heterocycles. The smallest absolute Gasteiger partial charge is 0.309 e. The highest BCUT2D eigenvalue weighted by molar-refractivity contribution is 7.18. The first-order valence-electron chi connectivity index (χ1n) is 7.60. The number of rotatable bonds is 3. The van der Waals surface area contributed by atoms with Gasteiger partial charge in [-0.1, -0.05) is 0 Å². The highest BCUT2D eigenvalue weighted by Crippen LogP contribution is 2.24. The normalized spacial score (nSPS) is 11.2. The van der Waals surface area contributed by atoms with Crippen molar-refractivity contribution in [2.75, 3.05) is 0 Å². The van der Waals surface area contributed by atoms with Crippen LogP contribution in [0.15, 0.2) is 41.3 Å². The Morgan fingerprint density at radius 3 is 3.00 bits per heavy atom. The number of nitrogens with zero attached hydrogens (tertiary/aromatic N) is 4. The van der Waals surface area contributed by atoms with Crippen LogP contribution in [0.3, 0.4) is 0 Å². The second-order valence-corrected chi connectivity index (χ2v) is 6.60. The molecule has 0 amide bonds. The molecule has 0 saturated carbocycles. The number of aromatic nitrogens is 4. The van der Waals surface area contributed by atoms with Gasteiger partial charge in [0.15, 0.2) is 0 Å². The number of hydrogen-bond acceptors (Lipinski definition) is 7. The van der Waals surface area contributed by atoms with Gasteiger partial charge in [0.2, 0.25) is 0 Å². The van der Waals surface area contributed by atoms with Crippen molar-refractivity contribution in [2.45, 2.75) is 13.5 Å². The summed E-state index contributed by atoms with van der Waals surface area (Å²) in [6.45, 7) is 1.31. The fourth-order valence-corrected chi connectivity index (χ4v) is 3.48. The first-order valence-corrected chi connectivity index (χ1v) is 8.42. The molecule has 130 valence electrons. The first kappa shape index (κ1) is 16.3. The van der Waals surface area contributed by atoms with E-state index in [1.165, 1.54) is 36.6 Å². The molecular weight excluding hydrogens is 359 g/mol. The molecule has 0 aliphatic carbocycles. The zero-order valence-electron chi connectivity index (χ0n) is 13.5. The molecule has 4 aromatic rings. The summed E-state index contributed by atoms with van der Waals surface area (Å²) in [4.78, 5) is 32.4. The highest BCUT2D eigenvalue weighted by atomic mass is 32.1. The molecule has 0 radical (unpaired) electrons. The van der Waals surface area contributed by atoms with Gasteiger partial charge < -0.3 is 4.74 Å². The number of ether oxygens (including phenoxy) is 1. The Bertz CT molecular complexity index is 1220. The largest absolute Gasteiger partial charge is 0.404 e. The van der Waals surface area contributed by atoms with Gasteiger partial charge >= 0.3 is 5.97 Å². The van der Waals surface area contributed by atoms with Crippen molar-refractivity contribution in [3.63, 3.8) is 0 Å². The van der Waals surface area contributed by atoms with Crippen LogP contribution in [0.5, 0.6) is 5.88 Å². The average molecular weight is 370 g/mol. The Hall–Kier alpha value is -3.20. The monoisotopic (exact) mass is 370 g/mol. The predicted octanol–water partition coefficient (Wildman–Crippen LogP) is 2.51. The lowest BCUT2D eigenvalue weighted by Gasteiger charge is -2.08. The molecule has 26 heavy (non-hydrogen) atoms. The minimum Gasteiger partial charge on any atom is -0.404 e. The van der Waals surface area contributed by atoms with Gasteiger partial charge in [-0.2, -0.15) is 0 Å². The third-order valence-electron chi connectivity index (χ3n) is 3.61. The van der Waals surface area contributed by atoms with Gasteiger partial charge in [-0.05, 0) is 24.3 Å². The number of carbonyl (C=O) groups is 1. The maximum Gasteiger partial charge on any atom is 0.309 e. The summed E-state index contributed by atoms with van der Waals surface area (Å²) < 4.78 is 20.4. The maximum atomic E-state index is 13.3. The van der Waals surface area contributed by atoms with Gasteiger partial charge in [-0.15, -0.1) is 16.4 Å². The zero-order chi connectivity index (χ0) is 18.3. The Morgan fingerprint density at radius 2 is 2.19 bits per heavy atom. The number of hydrogen-bond donors (Lipinski definition) is 0. The van der Waals surface area contributed by atoms with Gasteiger partial charge in [-0.25, -0.2) is 14.1 Å². The van der Waals surface area contributed by atoms with Crippen LogP contribution in [-0.2, 0) is 11.3 Å². The molecular formula is C17H11FN4O3S. The molecule has 0 N–H and O–H groups in total. The van der Waals surface area contributed by atoms with E-state index >= 15 is 0 Å². The Balaban J connectivity index is 1.83. The summed E-state index contributed by atoms with van der Waals surface area (Å²) in [7, 11) is 0. The molecule has 9 heteroatoms. The fourth-order valence-electron chi connectivity index (χ4n) is 2.55. The molecule has 0 atom stereocenters. The lowest BCUT2D eigenvalue weighted by atomic mass is 10.3. The third-order valence-corrected chi connectivity index (χ3v) is 4.63. The van der Waals surface area contributed by atoms with Crippen molar-refractivity contribution < 1.29 is 13.9 Å². The summed E-state index contributed by atoms with van der Waals surface area (Å²) in [5.41, 5.74) is 0.352. The molecule has 0 aliphatic heterocycles. The summed E-state index contributed by atoms with van der Waals surface area (Å²) in [6, 6.07) is 7.53. The minimum atomic E-state index is -0.565.